The summed E-state index contributed by atoms with van der Waals surface area (Å²) in [7, 11) is 0. The van der Waals surface area contributed by atoms with Gasteiger partial charge in [0.15, 0.2) is 0 Å². The quantitative estimate of drug-likeness (QED) is 0.279. The van der Waals surface area contributed by atoms with Gasteiger partial charge in [-0.2, -0.15) is 0 Å². The van der Waals surface area contributed by atoms with Crippen molar-refractivity contribution in [3.05, 3.63) is 36.5 Å². The number of aliphatic carboxylic acids is 1. The fraction of sp³-hybridized carbons (Fsp3) is 0.650. The summed E-state index contributed by atoms with van der Waals surface area (Å²) in [6.07, 6.45) is 26.3. The molecule has 0 saturated heterocycles. The summed E-state index contributed by atoms with van der Waals surface area (Å²) in [6, 6.07) is 0. The van der Waals surface area contributed by atoms with Crippen molar-refractivity contribution in [2.75, 3.05) is 0 Å². The summed E-state index contributed by atoms with van der Waals surface area (Å²) in [6.45, 7) is 2.25. The molecule has 0 aliphatic carbocycles. The van der Waals surface area contributed by atoms with E-state index in [1.54, 1.807) is 0 Å². The molecule has 0 aromatic rings. The van der Waals surface area contributed by atoms with Gasteiger partial charge in [-0.3, -0.25) is 4.79 Å². The van der Waals surface area contributed by atoms with Gasteiger partial charge in [0.25, 0.3) is 0 Å². The van der Waals surface area contributed by atoms with Crippen LogP contribution in [0, 0.1) is 0 Å². The third-order valence-electron chi connectivity index (χ3n) is 3.53. The summed E-state index contributed by atoms with van der Waals surface area (Å²) in [5.74, 6) is -0.694. The number of hydrogen-bond donors (Lipinski definition) is 1. The molecule has 0 spiro atoms. The van der Waals surface area contributed by atoms with Gasteiger partial charge in [-0.25, -0.2) is 0 Å². The SMILES string of the molecule is CCCCCCC/C=C\C/C=C\C/C=C\CCCCC(=O)O. The molecule has 0 unspecified atom stereocenters. The second kappa shape index (κ2) is 17.7. The van der Waals surface area contributed by atoms with Gasteiger partial charge in [-0.1, -0.05) is 69.1 Å². The number of carbonyl (C=O) groups is 1. The van der Waals surface area contributed by atoms with Crippen LogP contribution in [0.1, 0.15) is 84.0 Å². The fourth-order valence-corrected chi connectivity index (χ4v) is 2.18. The largest absolute Gasteiger partial charge is 0.481 e. The van der Waals surface area contributed by atoms with Crippen molar-refractivity contribution in [1.29, 1.82) is 0 Å². The lowest BCUT2D eigenvalue weighted by Gasteiger charge is -1.95. The van der Waals surface area contributed by atoms with Crippen LogP contribution in [0.15, 0.2) is 36.5 Å². The Morgan fingerprint density at radius 2 is 1.23 bits per heavy atom. The molecule has 0 fully saturated rings. The summed E-state index contributed by atoms with van der Waals surface area (Å²) in [5.41, 5.74) is 0. The minimum absolute atomic E-state index is 0.290. The standard InChI is InChI=1S/C20H34O2/c1-2-3-4-5-6-7-8-9-10-11-12-13-14-15-16-17-18-19-20(21)22/h8-9,11-12,14-15H,2-7,10,13,16-19H2,1H3,(H,21,22)/b9-8-,12-11-,15-14-. The molecule has 0 aliphatic rings. The van der Waals surface area contributed by atoms with E-state index in [9.17, 15) is 4.79 Å². The minimum Gasteiger partial charge on any atom is -0.481 e. The van der Waals surface area contributed by atoms with Gasteiger partial charge in [0.05, 0.1) is 0 Å². The maximum atomic E-state index is 10.3. The molecule has 0 aromatic carbocycles. The maximum absolute atomic E-state index is 10.3. The topological polar surface area (TPSA) is 37.3 Å². The Balaban J connectivity index is 3.30. The summed E-state index contributed by atoms with van der Waals surface area (Å²) in [5, 5.41) is 8.51. The van der Waals surface area contributed by atoms with Gasteiger partial charge in [0.1, 0.15) is 0 Å². The normalized spacial score (nSPS) is 12.0. The average Bonchev–Trinajstić information content (AvgIpc) is 2.50. The molecular weight excluding hydrogens is 272 g/mol. The summed E-state index contributed by atoms with van der Waals surface area (Å²) < 4.78 is 0. The van der Waals surface area contributed by atoms with E-state index in [1.165, 1.54) is 38.5 Å². The van der Waals surface area contributed by atoms with Gasteiger partial charge >= 0.3 is 5.97 Å². The van der Waals surface area contributed by atoms with E-state index in [0.29, 0.717) is 6.42 Å². The first-order chi connectivity index (χ1) is 10.8. The molecule has 0 atom stereocenters. The highest BCUT2D eigenvalue weighted by atomic mass is 16.4. The smallest absolute Gasteiger partial charge is 0.303 e. The van der Waals surface area contributed by atoms with E-state index in [4.69, 9.17) is 5.11 Å². The first-order valence-corrected chi connectivity index (χ1v) is 8.94. The lowest BCUT2D eigenvalue weighted by molar-refractivity contribution is -0.137. The molecule has 0 aliphatic heterocycles. The molecule has 0 rings (SSSR count). The molecule has 0 radical (unpaired) electrons. The van der Waals surface area contributed by atoms with Crippen molar-refractivity contribution < 1.29 is 9.90 Å². The van der Waals surface area contributed by atoms with E-state index in [0.717, 1.165) is 32.1 Å². The van der Waals surface area contributed by atoms with Crippen LogP contribution in [0.5, 0.6) is 0 Å². The molecule has 2 heteroatoms. The Kier molecular flexibility index (Phi) is 16.7. The molecule has 0 heterocycles. The minimum atomic E-state index is -0.694. The fourth-order valence-electron chi connectivity index (χ4n) is 2.18. The van der Waals surface area contributed by atoms with Crippen LogP contribution in [0.25, 0.3) is 0 Å². The zero-order valence-corrected chi connectivity index (χ0v) is 14.3. The summed E-state index contributed by atoms with van der Waals surface area (Å²) in [4.78, 5) is 10.3. The van der Waals surface area contributed by atoms with Crippen LogP contribution in [0.3, 0.4) is 0 Å². The molecular formula is C20H34O2. The second-order valence-corrected chi connectivity index (χ2v) is 5.73. The monoisotopic (exact) mass is 306 g/mol. The Morgan fingerprint density at radius 1 is 0.727 bits per heavy atom. The maximum Gasteiger partial charge on any atom is 0.303 e. The second-order valence-electron chi connectivity index (χ2n) is 5.73. The van der Waals surface area contributed by atoms with Crippen molar-refractivity contribution in [2.24, 2.45) is 0 Å². The highest BCUT2D eigenvalue weighted by Crippen LogP contribution is 2.05. The van der Waals surface area contributed by atoms with Crippen LogP contribution in [0.4, 0.5) is 0 Å². The predicted octanol–water partition coefficient (Wildman–Crippen LogP) is 6.44. The number of rotatable bonds is 15. The van der Waals surface area contributed by atoms with Crippen molar-refractivity contribution in [3.8, 4) is 0 Å². The van der Waals surface area contributed by atoms with Crippen molar-refractivity contribution in [2.45, 2.75) is 84.0 Å². The number of carboxylic acid groups (broad SMARTS) is 1. The van der Waals surface area contributed by atoms with Gasteiger partial charge in [0.2, 0.25) is 0 Å². The number of hydrogen-bond acceptors (Lipinski definition) is 1. The van der Waals surface area contributed by atoms with Gasteiger partial charge in [0, 0.05) is 6.42 Å². The van der Waals surface area contributed by atoms with Gasteiger partial charge in [-0.15, -0.1) is 0 Å². The van der Waals surface area contributed by atoms with E-state index < -0.39 is 5.97 Å². The Bertz CT molecular complexity index is 327. The molecule has 1 N–H and O–H groups in total. The predicted molar refractivity (Wildman–Crippen MR) is 96.1 cm³/mol. The van der Waals surface area contributed by atoms with Crippen LogP contribution >= 0.6 is 0 Å². The van der Waals surface area contributed by atoms with Crippen molar-refractivity contribution >= 4 is 5.97 Å². The third-order valence-corrected chi connectivity index (χ3v) is 3.53. The van der Waals surface area contributed by atoms with E-state index >= 15 is 0 Å². The molecule has 126 valence electrons. The Hall–Kier alpha value is -1.31. The van der Waals surface area contributed by atoms with Crippen LogP contribution in [0.2, 0.25) is 0 Å². The summed E-state index contributed by atoms with van der Waals surface area (Å²) >= 11 is 0. The van der Waals surface area contributed by atoms with Crippen LogP contribution in [-0.2, 0) is 4.79 Å². The van der Waals surface area contributed by atoms with Crippen LogP contribution < -0.4 is 0 Å². The number of carboxylic acids is 1. The molecule has 0 amide bonds. The zero-order valence-electron chi connectivity index (χ0n) is 14.3. The Labute approximate surface area is 137 Å². The number of unbranched alkanes of at least 4 members (excludes halogenated alkanes) is 7. The van der Waals surface area contributed by atoms with E-state index in [1.807, 2.05) is 0 Å². The molecule has 22 heavy (non-hydrogen) atoms. The first-order valence-electron chi connectivity index (χ1n) is 8.94. The van der Waals surface area contributed by atoms with Gasteiger partial charge in [-0.05, 0) is 44.9 Å². The third kappa shape index (κ3) is 18.7. The lowest BCUT2D eigenvalue weighted by Crippen LogP contribution is -1.92. The van der Waals surface area contributed by atoms with Crippen molar-refractivity contribution in [3.63, 3.8) is 0 Å². The van der Waals surface area contributed by atoms with Crippen LogP contribution in [-0.4, -0.2) is 11.1 Å². The van der Waals surface area contributed by atoms with Crippen molar-refractivity contribution in [1.82, 2.24) is 0 Å². The Morgan fingerprint density at radius 3 is 1.77 bits per heavy atom. The highest BCUT2D eigenvalue weighted by Gasteiger charge is 1.93. The average molecular weight is 306 g/mol. The molecule has 2 nitrogen and oxygen atoms in total. The highest BCUT2D eigenvalue weighted by molar-refractivity contribution is 5.66. The first kappa shape index (κ1) is 20.7. The molecule has 0 bridgehead atoms. The van der Waals surface area contributed by atoms with Gasteiger partial charge < -0.3 is 5.11 Å². The zero-order chi connectivity index (χ0) is 16.3. The van der Waals surface area contributed by atoms with E-state index in [-0.39, 0.29) is 0 Å². The van der Waals surface area contributed by atoms with E-state index in [2.05, 4.69) is 43.4 Å². The number of allylic oxidation sites excluding steroid dienone is 6. The molecule has 0 saturated carbocycles. The molecule has 0 aromatic heterocycles. The lowest BCUT2D eigenvalue weighted by atomic mass is 10.1.